The number of carbonyl (C=O) groups excluding carboxylic acids is 1. The molecule has 2 aliphatic rings. The van der Waals surface area contributed by atoms with Crippen LogP contribution in [0.15, 0.2) is 24.3 Å². The molecule has 1 amide bonds. The summed E-state index contributed by atoms with van der Waals surface area (Å²) in [6.07, 6.45) is 4.57. The third-order valence-electron chi connectivity index (χ3n) is 5.01. The van der Waals surface area contributed by atoms with Crippen LogP contribution in [-0.4, -0.2) is 41.9 Å². The number of hydrogen-bond acceptors (Lipinski definition) is 2. The fourth-order valence-electron chi connectivity index (χ4n) is 3.29. The second-order valence-electron chi connectivity index (χ2n) is 6.51. The number of aryl methyl sites for hydroxylation is 1. The first kappa shape index (κ1) is 14.6. The smallest absolute Gasteiger partial charge is 0.225 e. The van der Waals surface area contributed by atoms with E-state index in [9.17, 15) is 4.79 Å². The Hall–Kier alpha value is -1.35. The molecule has 21 heavy (non-hydrogen) atoms. The maximum atomic E-state index is 12.4. The second kappa shape index (κ2) is 6.61. The average Bonchev–Trinajstić information content (AvgIpc) is 2.65. The van der Waals surface area contributed by atoms with Crippen molar-refractivity contribution >= 4 is 5.91 Å². The zero-order chi connectivity index (χ0) is 14.7. The molecule has 0 aromatic heterocycles. The normalized spacial score (nSPS) is 20.9. The lowest BCUT2D eigenvalue weighted by atomic mass is 9.84. The van der Waals surface area contributed by atoms with E-state index in [1.165, 1.54) is 17.5 Å². The molecule has 2 fully saturated rings. The van der Waals surface area contributed by atoms with E-state index < -0.39 is 0 Å². The Morgan fingerprint density at radius 1 is 1.10 bits per heavy atom. The molecule has 0 bridgehead atoms. The van der Waals surface area contributed by atoms with E-state index in [0.29, 0.717) is 11.8 Å². The number of rotatable bonds is 3. The van der Waals surface area contributed by atoms with Crippen LogP contribution in [0, 0.1) is 12.8 Å². The summed E-state index contributed by atoms with van der Waals surface area (Å²) in [7, 11) is 0. The highest BCUT2D eigenvalue weighted by Gasteiger charge is 2.30. The number of nitrogens with zero attached hydrogens (tertiary/aromatic N) is 2. The molecule has 1 saturated heterocycles. The molecule has 1 heterocycles. The highest BCUT2D eigenvalue weighted by atomic mass is 16.2. The van der Waals surface area contributed by atoms with Crippen molar-refractivity contribution in [2.75, 3.05) is 26.2 Å². The van der Waals surface area contributed by atoms with E-state index in [1.54, 1.807) is 0 Å². The van der Waals surface area contributed by atoms with E-state index >= 15 is 0 Å². The summed E-state index contributed by atoms with van der Waals surface area (Å²) in [5.41, 5.74) is 2.78. The van der Waals surface area contributed by atoms with Gasteiger partial charge in [-0.2, -0.15) is 0 Å². The summed E-state index contributed by atoms with van der Waals surface area (Å²) in [5.74, 6) is 0.756. The Balaban J connectivity index is 1.55. The Bertz CT molecular complexity index is 496. The van der Waals surface area contributed by atoms with Crippen LogP contribution < -0.4 is 0 Å². The van der Waals surface area contributed by atoms with Crippen molar-refractivity contribution in [3.63, 3.8) is 0 Å². The van der Waals surface area contributed by atoms with Crippen molar-refractivity contribution in [1.29, 1.82) is 0 Å². The lowest BCUT2D eigenvalue weighted by Gasteiger charge is -2.31. The summed E-state index contributed by atoms with van der Waals surface area (Å²) in [6, 6.07) is 8.62. The van der Waals surface area contributed by atoms with Crippen molar-refractivity contribution in [2.24, 2.45) is 5.92 Å². The summed E-state index contributed by atoms with van der Waals surface area (Å²) >= 11 is 0. The molecule has 0 atom stereocenters. The molecule has 114 valence electrons. The molecule has 1 aliphatic carbocycles. The van der Waals surface area contributed by atoms with E-state index in [1.807, 2.05) is 0 Å². The highest BCUT2D eigenvalue weighted by molar-refractivity contribution is 5.79. The number of hydrogen-bond donors (Lipinski definition) is 0. The Kier molecular flexibility index (Phi) is 4.59. The number of benzene rings is 1. The summed E-state index contributed by atoms with van der Waals surface area (Å²) in [4.78, 5) is 17.0. The van der Waals surface area contributed by atoms with Crippen LogP contribution in [0.3, 0.4) is 0 Å². The lowest BCUT2D eigenvalue weighted by molar-refractivity contribution is -0.138. The van der Waals surface area contributed by atoms with Gasteiger partial charge in [0, 0.05) is 38.6 Å². The summed E-state index contributed by atoms with van der Waals surface area (Å²) < 4.78 is 0. The Morgan fingerprint density at radius 3 is 2.62 bits per heavy atom. The van der Waals surface area contributed by atoms with Gasteiger partial charge in [-0.1, -0.05) is 30.7 Å². The molecule has 1 saturated carbocycles. The van der Waals surface area contributed by atoms with Crippen LogP contribution in [0.2, 0.25) is 0 Å². The van der Waals surface area contributed by atoms with Crippen LogP contribution in [0.5, 0.6) is 0 Å². The van der Waals surface area contributed by atoms with Crippen LogP contribution >= 0.6 is 0 Å². The van der Waals surface area contributed by atoms with Gasteiger partial charge in [0.1, 0.15) is 0 Å². The van der Waals surface area contributed by atoms with Crippen molar-refractivity contribution in [3.8, 4) is 0 Å². The van der Waals surface area contributed by atoms with Crippen LogP contribution in [0.4, 0.5) is 0 Å². The van der Waals surface area contributed by atoms with Crippen molar-refractivity contribution in [3.05, 3.63) is 35.4 Å². The number of amides is 1. The zero-order valence-corrected chi connectivity index (χ0v) is 13.1. The molecule has 3 heteroatoms. The largest absolute Gasteiger partial charge is 0.341 e. The molecule has 1 aliphatic heterocycles. The SMILES string of the molecule is Cc1ccccc1CN1CCCN(C(=O)C2CCC2)CC1. The van der Waals surface area contributed by atoms with Crippen LogP contribution in [0.25, 0.3) is 0 Å². The van der Waals surface area contributed by atoms with Gasteiger partial charge in [0.25, 0.3) is 0 Å². The van der Waals surface area contributed by atoms with Crippen molar-refractivity contribution in [1.82, 2.24) is 9.80 Å². The first-order chi connectivity index (χ1) is 10.2. The minimum Gasteiger partial charge on any atom is -0.341 e. The van der Waals surface area contributed by atoms with E-state index in [4.69, 9.17) is 0 Å². The predicted molar refractivity (Wildman–Crippen MR) is 85.0 cm³/mol. The quantitative estimate of drug-likeness (QED) is 0.853. The van der Waals surface area contributed by atoms with E-state index in [0.717, 1.165) is 52.0 Å². The van der Waals surface area contributed by atoms with Crippen LogP contribution in [0.1, 0.15) is 36.8 Å². The minimum absolute atomic E-state index is 0.341. The Labute approximate surface area is 127 Å². The maximum Gasteiger partial charge on any atom is 0.225 e. The molecular weight excluding hydrogens is 260 g/mol. The molecular formula is C18H26N2O. The van der Waals surface area contributed by atoms with Crippen molar-refractivity contribution in [2.45, 2.75) is 39.2 Å². The zero-order valence-electron chi connectivity index (χ0n) is 13.1. The maximum absolute atomic E-state index is 12.4. The van der Waals surface area contributed by atoms with Gasteiger partial charge in [0.05, 0.1) is 0 Å². The molecule has 3 nitrogen and oxygen atoms in total. The topological polar surface area (TPSA) is 23.6 Å². The fourth-order valence-corrected chi connectivity index (χ4v) is 3.29. The third-order valence-corrected chi connectivity index (χ3v) is 5.01. The van der Waals surface area contributed by atoms with Gasteiger partial charge in [-0.15, -0.1) is 0 Å². The van der Waals surface area contributed by atoms with Gasteiger partial charge in [-0.3, -0.25) is 9.69 Å². The molecule has 1 aromatic rings. The van der Waals surface area contributed by atoms with E-state index in [2.05, 4.69) is 41.0 Å². The average molecular weight is 286 g/mol. The lowest BCUT2D eigenvalue weighted by Crippen LogP contribution is -2.41. The standard InChI is InChI=1S/C18H26N2O/c1-15-6-2-3-7-17(15)14-19-10-5-11-20(13-12-19)18(21)16-8-4-9-16/h2-3,6-7,16H,4-5,8-14H2,1H3. The minimum atomic E-state index is 0.341. The highest BCUT2D eigenvalue weighted by Crippen LogP contribution is 2.28. The van der Waals surface area contributed by atoms with Gasteiger partial charge in [0.15, 0.2) is 0 Å². The van der Waals surface area contributed by atoms with Gasteiger partial charge >= 0.3 is 0 Å². The van der Waals surface area contributed by atoms with Crippen molar-refractivity contribution < 1.29 is 4.79 Å². The molecule has 0 radical (unpaired) electrons. The number of carbonyl (C=O) groups is 1. The molecule has 0 N–H and O–H groups in total. The first-order valence-electron chi connectivity index (χ1n) is 8.29. The third kappa shape index (κ3) is 3.46. The first-order valence-corrected chi connectivity index (χ1v) is 8.29. The van der Waals surface area contributed by atoms with Crippen LogP contribution in [-0.2, 0) is 11.3 Å². The van der Waals surface area contributed by atoms with Gasteiger partial charge in [0.2, 0.25) is 5.91 Å². The second-order valence-corrected chi connectivity index (χ2v) is 6.51. The van der Waals surface area contributed by atoms with E-state index in [-0.39, 0.29) is 0 Å². The molecule has 0 spiro atoms. The van der Waals surface area contributed by atoms with Gasteiger partial charge in [-0.05, 0) is 37.3 Å². The summed E-state index contributed by atoms with van der Waals surface area (Å²) in [5, 5.41) is 0. The van der Waals surface area contributed by atoms with Gasteiger partial charge in [-0.25, -0.2) is 0 Å². The molecule has 0 unspecified atom stereocenters. The Morgan fingerprint density at radius 2 is 1.90 bits per heavy atom. The summed E-state index contributed by atoms with van der Waals surface area (Å²) in [6.45, 7) is 7.15. The fraction of sp³-hybridized carbons (Fsp3) is 0.611. The predicted octanol–water partition coefficient (Wildman–Crippen LogP) is 2.83. The molecule has 3 rings (SSSR count). The monoisotopic (exact) mass is 286 g/mol. The van der Waals surface area contributed by atoms with Gasteiger partial charge < -0.3 is 4.90 Å². The molecule has 1 aromatic carbocycles.